The lowest BCUT2D eigenvalue weighted by Crippen LogP contribution is -2.34. The predicted octanol–water partition coefficient (Wildman–Crippen LogP) is 3.91. The molecule has 4 rings (SSSR count). The summed E-state index contributed by atoms with van der Waals surface area (Å²) in [4.78, 5) is 32.7. The number of fused-ring (bicyclic) bond motifs is 1. The Labute approximate surface area is 159 Å². The van der Waals surface area contributed by atoms with Gasteiger partial charge in [0.2, 0.25) is 5.91 Å². The Balaban J connectivity index is 1.61. The van der Waals surface area contributed by atoms with E-state index < -0.39 is 0 Å². The molecule has 1 aliphatic rings. The summed E-state index contributed by atoms with van der Waals surface area (Å²) in [7, 11) is 0. The molecule has 0 spiro atoms. The second kappa shape index (κ2) is 7.21. The summed E-state index contributed by atoms with van der Waals surface area (Å²) in [5.41, 5.74) is 1.25. The molecule has 1 saturated carbocycles. The average Bonchev–Trinajstić information content (AvgIpc) is 3.25. The number of aromatic nitrogens is 2. The van der Waals surface area contributed by atoms with Gasteiger partial charge in [0.25, 0.3) is 5.56 Å². The molecule has 2 N–H and O–H groups in total. The molecular formula is C19H18ClN3O2S. The number of halogens is 1. The Hall–Kier alpha value is -2.18. The number of amides is 1. The van der Waals surface area contributed by atoms with Gasteiger partial charge < -0.3 is 10.3 Å². The normalized spacial score (nSPS) is 14.8. The van der Waals surface area contributed by atoms with Crippen molar-refractivity contribution in [1.29, 1.82) is 0 Å². The van der Waals surface area contributed by atoms with Gasteiger partial charge in [0.1, 0.15) is 10.5 Å². The van der Waals surface area contributed by atoms with Crippen molar-refractivity contribution in [3.8, 4) is 10.4 Å². The highest BCUT2D eigenvalue weighted by Gasteiger charge is 2.18. The number of nitrogens with one attached hydrogen (secondary N) is 2. The molecule has 3 aromatic rings. The fourth-order valence-corrected chi connectivity index (χ4v) is 4.69. The van der Waals surface area contributed by atoms with Crippen molar-refractivity contribution in [2.45, 2.75) is 38.1 Å². The number of H-pyrrole nitrogens is 1. The monoisotopic (exact) mass is 387 g/mol. The molecule has 0 unspecified atom stereocenters. The average molecular weight is 388 g/mol. The van der Waals surface area contributed by atoms with Crippen LogP contribution in [0.4, 0.5) is 0 Å². The molecule has 2 aromatic heterocycles. The number of aromatic amines is 1. The molecule has 0 bridgehead atoms. The van der Waals surface area contributed by atoms with Gasteiger partial charge in [0.05, 0.1) is 11.9 Å². The molecule has 1 aromatic carbocycles. The van der Waals surface area contributed by atoms with E-state index in [4.69, 9.17) is 11.6 Å². The zero-order valence-electron chi connectivity index (χ0n) is 14.0. The van der Waals surface area contributed by atoms with Gasteiger partial charge in [-0.3, -0.25) is 9.59 Å². The highest BCUT2D eigenvalue weighted by Crippen LogP contribution is 2.35. The zero-order chi connectivity index (χ0) is 18.1. The molecule has 134 valence electrons. The molecule has 5 nitrogen and oxygen atoms in total. The van der Waals surface area contributed by atoms with Crippen molar-refractivity contribution < 1.29 is 4.79 Å². The lowest BCUT2D eigenvalue weighted by atomic mass is 10.2. The SMILES string of the molecule is O=C(Cc1nc2cc(-c3ccccc3Cl)sc2c(=O)[nH]1)NC1CCCC1. The van der Waals surface area contributed by atoms with Crippen LogP contribution in [-0.2, 0) is 11.2 Å². The maximum Gasteiger partial charge on any atom is 0.268 e. The fraction of sp³-hybridized carbons (Fsp3) is 0.316. The van der Waals surface area contributed by atoms with Gasteiger partial charge in [-0.1, -0.05) is 42.6 Å². The lowest BCUT2D eigenvalue weighted by molar-refractivity contribution is -0.121. The quantitative estimate of drug-likeness (QED) is 0.712. The van der Waals surface area contributed by atoms with Crippen LogP contribution in [0.2, 0.25) is 5.02 Å². The first-order valence-electron chi connectivity index (χ1n) is 8.67. The van der Waals surface area contributed by atoms with E-state index in [1.54, 1.807) is 0 Å². The first-order chi connectivity index (χ1) is 12.6. The zero-order valence-corrected chi connectivity index (χ0v) is 15.6. The number of hydrogen-bond donors (Lipinski definition) is 2. The van der Waals surface area contributed by atoms with Crippen LogP contribution in [0.3, 0.4) is 0 Å². The van der Waals surface area contributed by atoms with E-state index in [-0.39, 0.29) is 23.9 Å². The minimum absolute atomic E-state index is 0.0823. The number of carbonyl (C=O) groups is 1. The molecule has 1 amide bonds. The molecule has 7 heteroatoms. The van der Waals surface area contributed by atoms with E-state index in [1.165, 1.54) is 11.3 Å². The molecule has 0 aliphatic heterocycles. The summed E-state index contributed by atoms with van der Waals surface area (Å²) in [6.45, 7) is 0. The van der Waals surface area contributed by atoms with Crippen molar-refractivity contribution in [1.82, 2.24) is 15.3 Å². The Morgan fingerprint density at radius 3 is 2.85 bits per heavy atom. The Kier molecular flexibility index (Phi) is 4.78. The standard InChI is InChI=1S/C19H18ClN3O2S/c20-13-8-4-3-7-12(13)15-9-14-18(26-15)19(25)23-16(22-14)10-17(24)21-11-5-1-2-6-11/h3-4,7-9,11H,1-2,5-6,10H2,(H,21,24)(H,22,23,25). The second-order valence-electron chi connectivity index (χ2n) is 6.54. The molecule has 0 saturated heterocycles. The van der Waals surface area contributed by atoms with E-state index in [1.807, 2.05) is 30.3 Å². The number of benzene rings is 1. The Morgan fingerprint density at radius 2 is 2.08 bits per heavy atom. The predicted molar refractivity (Wildman–Crippen MR) is 105 cm³/mol. The van der Waals surface area contributed by atoms with E-state index in [2.05, 4.69) is 15.3 Å². The third-order valence-electron chi connectivity index (χ3n) is 4.62. The van der Waals surface area contributed by atoms with Crippen LogP contribution >= 0.6 is 22.9 Å². The van der Waals surface area contributed by atoms with Crippen molar-refractivity contribution >= 4 is 39.1 Å². The number of hydrogen-bond acceptors (Lipinski definition) is 4. The molecule has 26 heavy (non-hydrogen) atoms. The summed E-state index contributed by atoms with van der Waals surface area (Å²) in [6.07, 6.45) is 4.46. The minimum Gasteiger partial charge on any atom is -0.353 e. The van der Waals surface area contributed by atoms with Gasteiger partial charge in [-0.2, -0.15) is 0 Å². The van der Waals surface area contributed by atoms with Gasteiger partial charge in [-0.15, -0.1) is 11.3 Å². The molecule has 0 atom stereocenters. The van der Waals surface area contributed by atoms with Gasteiger partial charge >= 0.3 is 0 Å². The van der Waals surface area contributed by atoms with E-state index in [0.29, 0.717) is 21.1 Å². The molecule has 1 aliphatic carbocycles. The first kappa shape index (κ1) is 17.2. The Morgan fingerprint density at radius 1 is 1.31 bits per heavy atom. The van der Waals surface area contributed by atoms with Crippen LogP contribution in [0.1, 0.15) is 31.5 Å². The molecular weight excluding hydrogens is 370 g/mol. The molecule has 2 heterocycles. The topological polar surface area (TPSA) is 74.8 Å². The van der Waals surface area contributed by atoms with Crippen molar-refractivity contribution in [2.75, 3.05) is 0 Å². The number of nitrogens with zero attached hydrogens (tertiary/aromatic N) is 1. The van der Waals surface area contributed by atoms with Crippen molar-refractivity contribution in [2.24, 2.45) is 0 Å². The van der Waals surface area contributed by atoms with Crippen LogP contribution in [-0.4, -0.2) is 21.9 Å². The second-order valence-corrected chi connectivity index (χ2v) is 8.00. The van der Waals surface area contributed by atoms with Gasteiger partial charge in [0.15, 0.2) is 0 Å². The van der Waals surface area contributed by atoms with Crippen LogP contribution < -0.4 is 10.9 Å². The van der Waals surface area contributed by atoms with E-state index in [0.717, 1.165) is 36.1 Å². The fourth-order valence-electron chi connectivity index (χ4n) is 3.37. The number of carbonyl (C=O) groups excluding carboxylic acids is 1. The largest absolute Gasteiger partial charge is 0.353 e. The Bertz CT molecular complexity index is 1020. The lowest BCUT2D eigenvalue weighted by Gasteiger charge is -2.11. The van der Waals surface area contributed by atoms with Crippen LogP contribution in [0.15, 0.2) is 35.1 Å². The molecule has 0 radical (unpaired) electrons. The van der Waals surface area contributed by atoms with Crippen molar-refractivity contribution in [3.63, 3.8) is 0 Å². The number of rotatable bonds is 4. The van der Waals surface area contributed by atoms with Crippen LogP contribution in [0, 0.1) is 0 Å². The summed E-state index contributed by atoms with van der Waals surface area (Å²) in [5, 5.41) is 3.65. The smallest absolute Gasteiger partial charge is 0.268 e. The minimum atomic E-state index is -0.220. The van der Waals surface area contributed by atoms with Gasteiger partial charge in [0, 0.05) is 21.5 Å². The number of thiophene rings is 1. The maximum absolute atomic E-state index is 12.4. The molecule has 1 fully saturated rings. The van der Waals surface area contributed by atoms with E-state index in [9.17, 15) is 9.59 Å². The third kappa shape index (κ3) is 3.52. The summed E-state index contributed by atoms with van der Waals surface area (Å²) in [6, 6.07) is 9.61. The van der Waals surface area contributed by atoms with Gasteiger partial charge in [-0.05, 0) is 25.0 Å². The highest BCUT2D eigenvalue weighted by molar-refractivity contribution is 7.22. The third-order valence-corrected chi connectivity index (χ3v) is 6.11. The van der Waals surface area contributed by atoms with Gasteiger partial charge in [-0.25, -0.2) is 4.98 Å². The van der Waals surface area contributed by atoms with Crippen LogP contribution in [0.25, 0.3) is 20.7 Å². The van der Waals surface area contributed by atoms with Crippen LogP contribution in [0.5, 0.6) is 0 Å². The summed E-state index contributed by atoms with van der Waals surface area (Å²) >= 11 is 7.61. The van der Waals surface area contributed by atoms with E-state index >= 15 is 0 Å². The van der Waals surface area contributed by atoms with Crippen molar-refractivity contribution in [3.05, 3.63) is 51.5 Å². The first-order valence-corrected chi connectivity index (χ1v) is 9.86. The summed E-state index contributed by atoms with van der Waals surface area (Å²) in [5.74, 6) is 0.294. The maximum atomic E-state index is 12.4. The highest BCUT2D eigenvalue weighted by atomic mass is 35.5. The summed E-state index contributed by atoms with van der Waals surface area (Å²) < 4.78 is 0.542.